The first-order valence-corrected chi connectivity index (χ1v) is 7.86. The van der Waals surface area contributed by atoms with Crippen LogP contribution in [-0.4, -0.2) is 59.6 Å². The van der Waals surface area contributed by atoms with Crippen molar-refractivity contribution in [3.63, 3.8) is 0 Å². The molecule has 0 bridgehead atoms. The number of rotatable bonds is 5. The van der Waals surface area contributed by atoms with Crippen LogP contribution in [0.1, 0.15) is 12.5 Å². The topological polar surface area (TPSA) is 43.8 Å². The standard InChI is InChI=1S/C15H20Cl2N2O2/c1-11(15(20)21)19-8-6-18(7-9-19)5-4-12-2-3-13(16)14(17)10-12/h2-3,10-11H,4-9H2,1H3,(H,20,21). The predicted molar refractivity (Wildman–Crippen MR) is 85.3 cm³/mol. The zero-order chi connectivity index (χ0) is 15.4. The number of carbonyl (C=O) groups is 1. The maximum absolute atomic E-state index is 11.0. The van der Waals surface area contributed by atoms with Gasteiger partial charge in [0.2, 0.25) is 0 Å². The highest BCUT2D eigenvalue weighted by Gasteiger charge is 2.24. The molecule has 0 spiro atoms. The van der Waals surface area contributed by atoms with E-state index < -0.39 is 12.0 Å². The molecule has 0 aliphatic carbocycles. The van der Waals surface area contributed by atoms with Crippen molar-refractivity contribution in [3.8, 4) is 0 Å². The molecule has 1 N–H and O–H groups in total. The van der Waals surface area contributed by atoms with Gasteiger partial charge in [-0.15, -0.1) is 0 Å². The Morgan fingerprint density at radius 3 is 2.48 bits per heavy atom. The smallest absolute Gasteiger partial charge is 0.320 e. The van der Waals surface area contributed by atoms with Crippen molar-refractivity contribution in [1.82, 2.24) is 9.80 Å². The van der Waals surface area contributed by atoms with E-state index in [0.29, 0.717) is 10.0 Å². The van der Waals surface area contributed by atoms with Gasteiger partial charge in [0, 0.05) is 32.7 Å². The number of benzene rings is 1. The van der Waals surface area contributed by atoms with Gasteiger partial charge in [-0.2, -0.15) is 0 Å². The lowest BCUT2D eigenvalue weighted by molar-refractivity contribution is -0.143. The summed E-state index contributed by atoms with van der Waals surface area (Å²) >= 11 is 11.9. The van der Waals surface area contributed by atoms with Crippen LogP contribution in [0.4, 0.5) is 0 Å². The second-order valence-electron chi connectivity index (χ2n) is 5.39. The largest absolute Gasteiger partial charge is 0.480 e. The fraction of sp³-hybridized carbons (Fsp3) is 0.533. The van der Waals surface area contributed by atoms with E-state index in [1.165, 1.54) is 5.56 Å². The normalized spacial score (nSPS) is 18.6. The Morgan fingerprint density at radius 2 is 1.90 bits per heavy atom. The molecule has 1 heterocycles. The summed E-state index contributed by atoms with van der Waals surface area (Å²) in [6.45, 7) is 6.10. The molecule has 4 nitrogen and oxygen atoms in total. The first-order chi connectivity index (χ1) is 9.97. The van der Waals surface area contributed by atoms with Crippen molar-refractivity contribution in [1.29, 1.82) is 0 Å². The van der Waals surface area contributed by atoms with E-state index in [4.69, 9.17) is 28.3 Å². The van der Waals surface area contributed by atoms with Gasteiger partial charge in [-0.3, -0.25) is 9.69 Å². The van der Waals surface area contributed by atoms with Gasteiger partial charge in [-0.1, -0.05) is 29.3 Å². The van der Waals surface area contributed by atoms with E-state index in [1.54, 1.807) is 6.92 Å². The molecule has 1 fully saturated rings. The molecule has 1 atom stereocenters. The maximum atomic E-state index is 11.0. The molecule has 0 radical (unpaired) electrons. The summed E-state index contributed by atoms with van der Waals surface area (Å²) in [7, 11) is 0. The lowest BCUT2D eigenvalue weighted by Gasteiger charge is -2.36. The van der Waals surface area contributed by atoms with Crippen molar-refractivity contribution in [3.05, 3.63) is 33.8 Å². The molecule has 0 amide bonds. The lowest BCUT2D eigenvalue weighted by atomic mass is 10.1. The van der Waals surface area contributed by atoms with E-state index in [2.05, 4.69) is 4.90 Å². The zero-order valence-electron chi connectivity index (χ0n) is 12.1. The van der Waals surface area contributed by atoms with Crippen LogP contribution < -0.4 is 0 Å². The molecule has 1 saturated heterocycles. The molecular formula is C15H20Cl2N2O2. The first-order valence-electron chi connectivity index (χ1n) is 7.10. The third-order valence-corrected chi connectivity index (χ3v) is 4.75. The summed E-state index contributed by atoms with van der Waals surface area (Å²) in [5.41, 5.74) is 1.17. The number of carboxylic acids is 1. The highest BCUT2D eigenvalue weighted by molar-refractivity contribution is 6.42. The van der Waals surface area contributed by atoms with E-state index in [0.717, 1.165) is 39.1 Å². The van der Waals surface area contributed by atoms with Crippen LogP contribution in [0.3, 0.4) is 0 Å². The minimum atomic E-state index is -0.751. The van der Waals surface area contributed by atoms with Gasteiger partial charge >= 0.3 is 5.97 Å². The third kappa shape index (κ3) is 4.58. The third-order valence-electron chi connectivity index (χ3n) is 4.01. The summed E-state index contributed by atoms with van der Waals surface area (Å²) in [5, 5.41) is 10.2. The van der Waals surface area contributed by atoms with Gasteiger partial charge in [0.15, 0.2) is 0 Å². The van der Waals surface area contributed by atoms with Crippen molar-refractivity contribution in [2.75, 3.05) is 32.7 Å². The van der Waals surface area contributed by atoms with Gasteiger partial charge < -0.3 is 10.0 Å². The van der Waals surface area contributed by atoms with Crippen LogP contribution in [0.5, 0.6) is 0 Å². The Morgan fingerprint density at radius 1 is 1.24 bits per heavy atom. The molecule has 21 heavy (non-hydrogen) atoms. The van der Waals surface area contributed by atoms with Crippen molar-refractivity contribution in [2.24, 2.45) is 0 Å². The van der Waals surface area contributed by atoms with E-state index in [-0.39, 0.29) is 0 Å². The summed E-state index contributed by atoms with van der Waals surface area (Å²) in [4.78, 5) is 15.3. The fourth-order valence-corrected chi connectivity index (χ4v) is 2.83. The molecular weight excluding hydrogens is 311 g/mol. The molecule has 1 unspecified atom stereocenters. The lowest BCUT2D eigenvalue weighted by Crippen LogP contribution is -2.51. The highest BCUT2D eigenvalue weighted by Crippen LogP contribution is 2.23. The van der Waals surface area contributed by atoms with Gasteiger partial charge in [-0.25, -0.2) is 0 Å². The number of carboxylic acid groups (broad SMARTS) is 1. The molecule has 116 valence electrons. The van der Waals surface area contributed by atoms with Crippen LogP contribution in [0.25, 0.3) is 0 Å². The monoisotopic (exact) mass is 330 g/mol. The summed E-state index contributed by atoms with van der Waals surface area (Å²) < 4.78 is 0. The van der Waals surface area contributed by atoms with E-state index in [9.17, 15) is 4.79 Å². The molecule has 0 saturated carbocycles. The Kier molecular flexibility index (Phi) is 5.88. The molecule has 1 aromatic rings. The van der Waals surface area contributed by atoms with Crippen LogP contribution in [-0.2, 0) is 11.2 Å². The molecule has 0 aromatic heterocycles. The predicted octanol–water partition coefficient (Wildman–Crippen LogP) is 2.63. The molecule has 1 aromatic carbocycles. The Labute approximate surface area is 135 Å². The Bertz CT molecular complexity index is 502. The summed E-state index contributed by atoms with van der Waals surface area (Å²) in [6.07, 6.45) is 0.922. The van der Waals surface area contributed by atoms with Crippen LogP contribution in [0.2, 0.25) is 10.0 Å². The molecule has 6 heteroatoms. The second kappa shape index (κ2) is 7.45. The van der Waals surface area contributed by atoms with Gasteiger partial charge in [0.05, 0.1) is 10.0 Å². The number of nitrogens with zero attached hydrogens (tertiary/aromatic N) is 2. The quantitative estimate of drug-likeness (QED) is 0.901. The van der Waals surface area contributed by atoms with Crippen molar-refractivity contribution in [2.45, 2.75) is 19.4 Å². The molecule has 1 aliphatic heterocycles. The minimum absolute atomic E-state index is 0.401. The second-order valence-corrected chi connectivity index (χ2v) is 6.20. The van der Waals surface area contributed by atoms with Gasteiger partial charge in [0.1, 0.15) is 6.04 Å². The Hall–Kier alpha value is -0.810. The van der Waals surface area contributed by atoms with E-state index in [1.807, 2.05) is 23.1 Å². The summed E-state index contributed by atoms with van der Waals surface area (Å²) in [6, 6.07) is 5.33. The first kappa shape index (κ1) is 16.6. The fourth-order valence-electron chi connectivity index (χ4n) is 2.51. The molecule has 2 rings (SSSR count). The maximum Gasteiger partial charge on any atom is 0.320 e. The summed E-state index contributed by atoms with van der Waals surface area (Å²) in [5.74, 6) is -0.751. The van der Waals surface area contributed by atoms with Gasteiger partial charge in [-0.05, 0) is 31.0 Å². The van der Waals surface area contributed by atoms with Crippen molar-refractivity contribution >= 4 is 29.2 Å². The number of halogens is 2. The minimum Gasteiger partial charge on any atom is -0.480 e. The number of piperazine rings is 1. The highest BCUT2D eigenvalue weighted by atomic mass is 35.5. The number of hydrogen-bond donors (Lipinski definition) is 1. The zero-order valence-corrected chi connectivity index (χ0v) is 13.6. The average Bonchev–Trinajstić information content (AvgIpc) is 2.48. The Balaban J connectivity index is 1.78. The number of hydrogen-bond acceptors (Lipinski definition) is 3. The van der Waals surface area contributed by atoms with Crippen LogP contribution in [0.15, 0.2) is 18.2 Å². The molecule has 1 aliphatic rings. The van der Waals surface area contributed by atoms with Crippen LogP contribution >= 0.6 is 23.2 Å². The number of aliphatic carboxylic acids is 1. The van der Waals surface area contributed by atoms with Gasteiger partial charge in [0.25, 0.3) is 0 Å². The SMILES string of the molecule is CC(C(=O)O)N1CCN(CCc2ccc(Cl)c(Cl)c2)CC1. The van der Waals surface area contributed by atoms with Crippen LogP contribution in [0, 0.1) is 0 Å². The van der Waals surface area contributed by atoms with Crippen molar-refractivity contribution < 1.29 is 9.90 Å². The average molecular weight is 331 g/mol. The van der Waals surface area contributed by atoms with E-state index >= 15 is 0 Å².